The molecule has 1 aromatic carbocycles. The third-order valence-electron chi connectivity index (χ3n) is 4.22. The lowest BCUT2D eigenvalue weighted by atomic mass is 9.72. The van der Waals surface area contributed by atoms with Gasteiger partial charge in [0, 0.05) is 0 Å². The Morgan fingerprint density at radius 3 is 2.00 bits per heavy atom. The zero-order valence-electron chi connectivity index (χ0n) is 12.2. The summed E-state index contributed by atoms with van der Waals surface area (Å²) in [5, 5.41) is 0. The molecule has 1 aliphatic carbocycles. The second kappa shape index (κ2) is 5.34. The number of rotatable bonds is 2. The monoisotopic (exact) mass is 246 g/mol. The molecule has 2 rings (SSSR count). The number of benzene rings is 1. The lowest BCUT2D eigenvalue weighted by Gasteiger charge is -2.36. The molecule has 100 valence electrons. The molecule has 1 aliphatic rings. The average molecular weight is 246 g/mol. The number of hydrogen-bond acceptors (Lipinski definition) is 1. The minimum absolute atomic E-state index is 0.423. The highest BCUT2D eigenvalue weighted by atomic mass is 16.5. The Bertz CT molecular complexity index is 364. The van der Waals surface area contributed by atoms with Crippen molar-refractivity contribution in [2.24, 2.45) is 11.3 Å². The van der Waals surface area contributed by atoms with E-state index in [4.69, 9.17) is 4.74 Å². The van der Waals surface area contributed by atoms with E-state index >= 15 is 0 Å². The summed E-state index contributed by atoms with van der Waals surface area (Å²) in [5.41, 5.74) is 1.74. The van der Waals surface area contributed by atoms with E-state index in [1.54, 1.807) is 0 Å². The second-order valence-electron chi connectivity index (χ2n) is 6.77. The fraction of sp³-hybridized carbons (Fsp3) is 0.647. The number of ether oxygens (including phenoxy) is 1. The molecule has 0 unspecified atom stereocenters. The second-order valence-corrected chi connectivity index (χ2v) is 6.77. The molecule has 0 bridgehead atoms. The van der Waals surface area contributed by atoms with Crippen molar-refractivity contribution in [2.45, 2.75) is 59.5 Å². The molecular weight excluding hydrogens is 220 g/mol. The van der Waals surface area contributed by atoms with Gasteiger partial charge in [-0.3, -0.25) is 0 Å². The van der Waals surface area contributed by atoms with E-state index in [2.05, 4.69) is 52.0 Å². The van der Waals surface area contributed by atoms with E-state index in [0.717, 1.165) is 11.7 Å². The van der Waals surface area contributed by atoms with Gasteiger partial charge in [-0.1, -0.05) is 38.5 Å². The van der Waals surface area contributed by atoms with Crippen molar-refractivity contribution in [1.82, 2.24) is 0 Å². The van der Waals surface area contributed by atoms with Crippen LogP contribution in [0.2, 0.25) is 0 Å². The first-order valence-corrected chi connectivity index (χ1v) is 7.18. The highest BCUT2D eigenvalue weighted by Gasteiger charge is 2.30. The first-order chi connectivity index (χ1) is 8.45. The van der Waals surface area contributed by atoms with E-state index in [0.29, 0.717) is 11.5 Å². The summed E-state index contributed by atoms with van der Waals surface area (Å²) in [6, 6.07) is 8.42. The van der Waals surface area contributed by atoms with Crippen LogP contribution in [0.4, 0.5) is 0 Å². The Hall–Kier alpha value is -0.980. The first-order valence-electron chi connectivity index (χ1n) is 7.18. The van der Waals surface area contributed by atoms with Crippen LogP contribution in [0.5, 0.6) is 5.75 Å². The predicted molar refractivity (Wildman–Crippen MR) is 77.0 cm³/mol. The van der Waals surface area contributed by atoms with Crippen molar-refractivity contribution in [3.05, 3.63) is 29.8 Å². The number of aryl methyl sites for hydroxylation is 1. The van der Waals surface area contributed by atoms with Crippen molar-refractivity contribution >= 4 is 0 Å². The van der Waals surface area contributed by atoms with Crippen LogP contribution in [0.25, 0.3) is 0 Å². The average Bonchev–Trinajstić information content (AvgIpc) is 2.32. The zero-order chi connectivity index (χ0) is 13.2. The van der Waals surface area contributed by atoms with Gasteiger partial charge in [0.25, 0.3) is 0 Å². The van der Waals surface area contributed by atoms with Crippen LogP contribution >= 0.6 is 0 Å². The molecule has 1 heteroatoms. The topological polar surface area (TPSA) is 9.23 Å². The molecular formula is C17H26O. The lowest BCUT2D eigenvalue weighted by molar-refractivity contribution is 0.0882. The van der Waals surface area contributed by atoms with Gasteiger partial charge in [0.05, 0.1) is 6.10 Å². The van der Waals surface area contributed by atoms with Crippen LogP contribution in [0.15, 0.2) is 24.3 Å². The highest BCUT2D eigenvalue weighted by molar-refractivity contribution is 5.26. The van der Waals surface area contributed by atoms with E-state index < -0.39 is 0 Å². The van der Waals surface area contributed by atoms with Gasteiger partial charge >= 0.3 is 0 Å². The maximum absolute atomic E-state index is 6.07. The Labute approximate surface area is 112 Å². The molecule has 0 aromatic heterocycles. The third-order valence-corrected chi connectivity index (χ3v) is 4.22. The summed E-state index contributed by atoms with van der Waals surface area (Å²) in [4.78, 5) is 0. The van der Waals surface area contributed by atoms with Crippen molar-refractivity contribution in [1.29, 1.82) is 0 Å². The Kier molecular flexibility index (Phi) is 3.99. The van der Waals surface area contributed by atoms with Crippen LogP contribution in [-0.4, -0.2) is 6.10 Å². The summed E-state index contributed by atoms with van der Waals surface area (Å²) in [7, 11) is 0. The molecule has 0 saturated heterocycles. The summed E-state index contributed by atoms with van der Waals surface area (Å²) >= 11 is 0. The van der Waals surface area contributed by atoms with E-state index in [9.17, 15) is 0 Å². The van der Waals surface area contributed by atoms with Crippen LogP contribution < -0.4 is 4.74 Å². The summed E-state index contributed by atoms with van der Waals surface area (Å²) in [6.07, 6.45) is 5.44. The molecule has 0 radical (unpaired) electrons. The normalized spacial score (nSPS) is 24.9. The van der Waals surface area contributed by atoms with Gasteiger partial charge in [-0.05, 0) is 56.1 Å². The maximum atomic E-state index is 6.07. The van der Waals surface area contributed by atoms with Crippen molar-refractivity contribution < 1.29 is 4.74 Å². The molecule has 1 fully saturated rings. The molecule has 1 aromatic rings. The lowest BCUT2D eigenvalue weighted by Crippen LogP contribution is -2.30. The standard InChI is InChI=1S/C17H26O/c1-13-5-9-15(10-6-13)18-16-11-7-14(8-12-16)17(2,3)4/h5-6,9-10,14,16H,7-8,11-12H2,1-4H3. The van der Waals surface area contributed by atoms with Gasteiger partial charge in [-0.25, -0.2) is 0 Å². The van der Waals surface area contributed by atoms with Crippen LogP contribution in [-0.2, 0) is 0 Å². The van der Waals surface area contributed by atoms with Gasteiger partial charge in [-0.2, -0.15) is 0 Å². The van der Waals surface area contributed by atoms with E-state index in [-0.39, 0.29) is 0 Å². The third kappa shape index (κ3) is 3.51. The largest absolute Gasteiger partial charge is 0.490 e. The number of hydrogen-bond donors (Lipinski definition) is 0. The van der Waals surface area contributed by atoms with Crippen LogP contribution in [0, 0.1) is 18.3 Å². The Morgan fingerprint density at radius 1 is 0.944 bits per heavy atom. The molecule has 1 nitrogen and oxygen atoms in total. The van der Waals surface area contributed by atoms with Gasteiger partial charge in [0.1, 0.15) is 5.75 Å². The fourth-order valence-electron chi connectivity index (χ4n) is 2.86. The minimum Gasteiger partial charge on any atom is -0.490 e. The molecule has 1 saturated carbocycles. The van der Waals surface area contributed by atoms with Crippen LogP contribution in [0.3, 0.4) is 0 Å². The molecule has 0 aliphatic heterocycles. The molecule has 0 spiro atoms. The molecule has 0 N–H and O–H groups in total. The predicted octanol–water partition coefficient (Wildman–Crippen LogP) is 4.98. The first kappa shape index (κ1) is 13.5. The fourth-order valence-corrected chi connectivity index (χ4v) is 2.86. The van der Waals surface area contributed by atoms with Crippen LogP contribution in [0.1, 0.15) is 52.0 Å². The van der Waals surface area contributed by atoms with Crippen molar-refractivity contribution in [3.63, 3.8) is 0 Å². The van der Waals surface area contributed by atoms with Gasteiger partial charge in [0.15, 0.2) is 0 Å². The molecule has 18 heavy (non-hydrogen) atoms. The molecule has 0 heterocycles. The van der Waals surface area contributed by atoms with Gasteiger partial charge in [-0.15, -0.1) is 0 Å². The van der Waals surface area contributed by atoms with Crippen molar-refractivity contribution in [3.8, 4) is 5.75 Å². The van der Waals surface area contributed by atoms with Crippen molar-refractivity contribution in [2.75, 3.05) is 0 Å². The molecule has 0 atom stereocenters. The smallest absolute Gasteiger partial charge is 0.119 e. The highest BCUT2D eigenvalue weighted by Crippen LogP contribution is 2.38. The van der Waals surface area contributed by atoms with E-state index in [1.165, 1.54) is 31.2 Å². The minimum atomic E-state index is 0.423. The van der Waals surface area contributed by atoms with E-state index in [1.807, 2.05) is 0 Å². The Balaban J connectivity index is 1.85. The summed E-state index contributed by atoms with van der Waals surface area (Å²) in [5.74, 6) is 1.88. The summed E-state index contributed by atoms with van der Waals surface area (Å²) < 4.78 is 6.07. The SMILES string of the molecule is Cc1ccc(OC2CCC(C(C)(C)C)CC2)cc1. The van der Waals surface area contributed by atoms with Gasteiger partial charge < -0.3 is 4.74 Å². The Morgan fingerprint density at radius 2 is 1.50 bits per heavy atom. The quantitative estimate of drug-likeness (QED) is 0.715. The zero-order valence-corrected chi connectivity index (χ0v) is 12.2. The van der Waals surface area contributed by atoms with Gasteiger partial charge in [0.2, 0.25) is 0 Å². The summed E-state index contributed by atoms with van der Waals surface area (Å²) in [6.45, 7) is 9.19. The maximum Gasteiger partial charge on any atom is 0.119 e. The molecule has 0 amide bonds.